The molecule has 82 valence electrons. The maximum absolute atomic E-state index is 6.12. The van der Waals surface area contributed by atoms with Crippen LogP contribution in [-0.4, -0.2) is 9.55 Å². The van der Waals surface area contributed by atoms with Crippen LogP contribution in [0.2, 0.25) is 0 Å². The van der Waals surface area contributed by atoms with E-state index < -0.39 is 0 Å². The molecule has 0 radical (unpaired) electrons. The lowest BCUT2D eigenvalue weighted by Gasteiger charge is -2.09. The van der Waals surface area contributed by atoms with E-state index in [1.54, 1.807) is 0 Å². The molecule has 2 N–H and O–H groups in total. The second-order valence-corrected chi connectivity index (χ2v) is 4.57. The largest absolute Gasteiger partial charge is 0.384 e. The molecule has 3 nitrogen and oxygen atoms in total. The fourth-order valence-corrected chi connectivity index (χ4v) is 1.92. The van der Waals surface area contributed by atoms with Crippen LogP contribution >= 0.6 is 0 Å². The van der Waals surface area contributed by atoms with Gasteiger partial charge in [-0.15, -0.1) is 6.58 Å². The molecule has 1 heterocycles. The maximum atomic E-state index is 6.12. The third-order valence-corrected chi connectivity index (χ3v) is 2.86. The number of aromatic nitrogens is 2. The van der Waals surface area contributed by atoms with Gasteiger partial charge in [-0.2, -0.15) is 0 Å². The zero-order valence-corrected chi connectivity index (χ0v) is 9.53. The summed E-state index contributed by atoms with van der Waals surface area (Å²) in [6.45, 7) is 8.83. The molecular formula is C12H19N3. The first-order valence-electron chi connectivity index (χ1n) is 5.61. The number of nitrogen functional groups attached to an aromatic ring is 1. The van der Waals surface area contributed by atoms with Gasteiger partial charge in [0.25, 0.3) is 0 Å². The van der Waals surface area contributed by atoms with Crippen LogP contribution in [0.15, 0.2) is 12.7 Å². The quantitative estimate of drug-likeness (QED) is 0.768. The van der Waals surface area contributed by atoms with Crippen molar-refractivity contribution in [2.75, 3.05) is 5.73 Å². The van der Waals surface area contributed by atoms with Crippen LogP contribution in [0.5, 0.6) is 0 Å². The highest BCUT2D eigenvalue weighted by atomic mass is 15.1. The van der Waals surface area contributed by atoms with Gasteiger partial charge < -0.3 is 10.3 Å². The molecular weight excluding hydrogens is 186 g/mol. The predicted molar refractivity (Wildman–Crippen MR) is 62.9 cm³/mol. The molecule has 1 aromatic rings. The zero-order chi connectivity index (χ0) is 11.0. The van der Waals surface area contributed by atoms with E-state index in [2.05, 4.69) is 30.0 Å². The minimum atomic E-state index is 0.416. The third-order valence-electron chi connectivity index (χ3n) is 2.86. The lowest BCUT2D eigenvalue weighted by Crippen LogP contribution is -2.07. The Labute approximate surface area is 91.0 Å². The normalized spacial score (nSPS) is 15.9. The molecule has 1 saturated carbocycles. The first kappa shape index (κ1) is 10.3. The van der Waals surface area contributed by atoms with Gasteiger partial charge in [-0.1, -0.05) is 19.9 Å². The summed E-state index contributed by atoms with van der Waals surface area (Å²) < 4.78 is 2.09. The highest BCUT2D eigenvalue weighted by Crippen LogP contribution is 2.42. The topological polar surface area (TPSA) is 43.8 Å². The molecule has 1 aliphatic carbocycles. The molecule has 15 heavy (non-hydrogen) atoms. The standard InChI is InChI=1S/C12H19N3/c1-4-7-15-11(13)10(9-5-6-9)14-12(15)8(2)3/h4,8-9H,1,5-7,13H2,2-3H3. The fourth-order valence-electron chi connectivity index (χ4n) is 1.92. The predicted octanol–water partition coefficient (Wildman–Crippen LogP) is 2.65. The Balaban J connectivity index is 2.42. The number of anilines is 1. The van der Waals surface area contributed by atoms with Crippen molar-refractivity contribution in [1.29, 1.82) is 0 Å². The van der Waals surface area contributed by atoms with Gasteiger partial charge in [-0.05, 0) is 12.8 Å². The minimum Gasteiger partial charge on any atom is -0.384 e. The van der Waals surface area contributed by atoms with E-state index in [0.29, 0.717) is 11.8 Å². The van der Waals surface area contributed by atoms with Crippen LogP contribution < -0.4 is 5.73 Å². The molecule has 0 spiro atoms. The molecule has 0 atom stereocenters. The molecule has 0 bridgehead atoms. The second kappa shape index (κ2) is 3.72. The number of hydrogen-bond acceptors (Lipinski definition) is 2. The Morgan fingerprint density at radius 3 is 2.73 bits per heavy atom. The minimum absolute atomic E-state index is 0.416. The van der Waals surface area contributed by atoms with Crippen molar-refractivity contribution in [3.63, 3.8) is 0 Å². The van der Waals surface area contributed by atoms with Gasteiger partial charge >= 0.3 is 0 Å². The second-order valence-electron chi connectivity index (χ2n) is 4.57. The number of imidazole rings is 1. The summed E-state index contributed by atoms with van der Waals surface area (Å²) in [7, 11) is 0. The van der Waals surface area contributed by atoms with Gasteiger partial charge in [0.2, 0.25) is 0 Å². The molecule has 1 aliphatic rings. The van der Waals surface area contributed by atoms with E-state index in [-0.39, 0.29) is 0 Å². The average molecular weight is 205 g/mol. The number of nitrogens with two attached hydrogens (primary N) is 1. The Morgan fingerprint density at radius 2 is 2.27 bits per heavy atom. The van der Waals surface area contributed by atoms with Crippen LogP contribution in [0.1, 0.15) is 50.0 Å². The summed E-state index contributed by atoms with van der Waals surface area (Å²) in [5.41, 5.74) is 7.23. The van der Waals surface area contributed by atoms with E-state index in [1.807, 2.05) is 6.08 Å². The molecule has 0 saturated heterocycles. The van der Waals surface area contributed by atoms with Crippen molar-refractivity contribution in [3.8, 4) is 0 Å². The molecule has 0 aliphatic heterocycles. The highest BCUT2D eigenvalue weighted by molar-refractivity contribution is 5.43. The van der Waals surface area contributed by atoms with Crippen molar-refractivity contribution < 1.29 is 0 Å². The molecule has 3 heteroatoms. The Kier molecular flexibility index (Phi) is 2.55. The third kappa shape index (κ3) is 1.78. The van der Waals surface area contributed by atoms with Gasteiger partial charge in [-0.3, -0.25) is 0 Å². The van der Waals surface area contributed by atoms with Crippen LogP contribution in [0.4, 0.5) is 5.82 Å². The summed E-state index contributed by atoms with van der Waals surface area (Å²) in [5.74, 6) is 2.98. The monoisotopic (exact) mass is 205 g/mol. The average Bonchev–Trinajstić information content (AvgIpc) is 2.95. The molecule has 2 rings (SSSR count). The van der Waals surface area contributed by atoms with Crippen molar-refractivity contribution in [3.05, 3.63) is 24.2 Å². The molecule has 0 amide bonds. The molecule has 1 aromatic heterocycles. The van der Waals surface area contributed by atoms with Crippen molar-refractivity contribution in [2.45, 2.75) is 45.1 Å². The molecule has 0 aromatic carbocycles. The van der Waals surface area contributed by atoms with E-state index in [9.17, 15) is 0 Å². The molecule has 0 unspecified atom stereocenters. The highest BCUT2D eigenvalue weighted by Gasteiger charge is 2.30. The fraction of sp³-hybridized carbons (Fsp3) is 0.583. The summed E-state index contributed by atoms with van der Waals surface area (Å²) in [4.78, 5) is 4.68. The summed E-state index contributed by atoms with van der Waals surface area (Å²) in [6, 6.07) is 0. The number of nitrogens with zero attached hydrogens (tertiary/aromatic N) is 2. The lowest BCUT2D eigenvalue weighted by atomic mass is 10.2. The van der Waals surface area contributed by atoms with E-state index in [4.69, 9.17) is 5.73 Å². The summed E-state index contributed by atoms with van der Waals surface area (Å²) in [5, 5.41) is 0. The van der Waals surface area contributed by atoms with Gasteiger partial charge in [0.1, 0.15) is 11.6 Å². The van der Waals surface area contributed by atoms with Crippen LogP contribution in [-0.2, 0) is 6.54 Å². The Bertz CT molecular complexity index is 372. The van der Waals surface area contributed by atoms with Crippen LogP contribution in [0, 0.1) is 0 Å². The number of allylic oxidation sites excluding steroid dienone is 1. The zero-order valence-electron chi connectivity index (χ0n) is 9.53. The smallest absolute Gasteiger partial charge is 0.127 e. The first-order chi connectivity index (χ1) is 7.15. The molecule has 1 fully saturated rings. The van der Waals surface area contributed by atoms with E-state index in [0.717, 1.165) is 23.9 Å². The maximum Gasteiger partial charge on any atom is 0.127 e. The Morgan fingerprint density at radius 1 is 1.60 bits per heavy atom. The van der Waals surface area contributed by atoms with Crippen LogP contribution in [0.25, 0.3) is 0 Å². The van der Waals surface area contributed by atoms with Gasteiger partial charge in [0.05, 0.1) is 5.69 Å². The van der Waals surface area contributed by atoms with Gasteiger partial charge in [0, 0.05) is 18.4 Å². The van der Waals surface area contributed by atoms with Crippen molar-refractivity contribution in [1.82, 2.24) is 9.55 Å². The SMILES string of the molecule is C=CCn1c(C(C)C)nc(C2CC2)c1N. The number of rotatable bonds is 4. The lowest BCUT2D eigenvalue weighted by molar-refractivity contribution is 0.683. The number of hydrogen-bond donors (Lipinski definition) is 1. The van der Waals surface area contributed by atoms with E-state index >= 15 is 0 Å². The van der Waals surface area contributed by atoms with Crippen molar-refractivity contribution >= 4 is 5.82 Å². The first-order valence-corrected chi connectivity index (χ1v) is 5.61. The van der Waals surface area contributed by atoms with Gasteiger partial charge in [-0.25, -0.2) is 4.98 Å². The van der Waals surface area contributed by atoms with E-state index in [1.165, 1.54) is 12.8 Å². The summed E-state index contributed by atoms with van der Waals surface area (Å²) in [6.07, 6.45) is 4.36. The summed E-state index contributed by atoms with van der Waals surface area (Å²) >= 11 is 0. The van der Waals surface area contributed by atoms with Crippen molar-refractivity contribution in [2.24, 2.45) is 0 Å². The van der Waals surface area contributed by atoms with Gasteiger partial charge in [0.15, 0.2) is 0 Å². The van der Waals surface area contributed by atoms with Crippen LogP contribution in [0.3, 0.4) is 0 Å². The Hall–Kier alpha value is -1.25.